The Hall–Kier alpha value is -3.12. The molecule has 2 amide bonds. The van der Waals surface area contributed by atoms with Gasteiger partial charge in [0, 0.05) is 17.0 Å². The summed E-state index contributed by atoms with van der Waals surface area (Å²) in [6.45, 7) is 0. The van der Waals surface area contributed by atoms with E-state index in [4.69, 9.17) is 4.42 Å². The summed E-state index contributed by atoms with van der Waals surface area (Å²) in [6, 6.07) is 18.7. The zero-order valence-electron chi connectivity index (χ0n) is 13.2. The fraction of sp³-hybridized carbons (Fsp3) is 0.0526. The number of hydrogen-bond acceptors (Lipinski definition) is 4. The summed E-state index contributed by atoms with van der Waals surface area (Å²) in [5.74, 6) is 0.682. The Kier molecular flexibility index (Phi) is 4.18. The normalized spacial score (nSPS) is 12.0. The largest absolute Gasteiger partial charge is 0.459 e. The van der Waals surface area contributed by atoms with E-state index in [1.165, 1.54) is 11.3 Å². The quantitative estimate of drug-likeness (QED) is 0.556. The van der Waals surface area contributed by atoms with Gasteiger partial charge in [0.15, 0.2) is 5.13 Å². The molecule has 0 spiro atoms. The van der Waals surface area contributed by atoms with Crippen molar-refractivity contribution in [2.75, 3.05) is 5.32 Å². The first-order valence-electron chi connectivity index (χ1n) is 7.80. The van der Waals surface area contributed by atoms with Gasteiger partial charge in [-0.2, -0.15) is 0 Å². The Morgan fingerprint density at radius 3 is 2.64 bits per heavy atom. The molecule has 4 aromatic rings. The molecule has 0 bridgehead atoms. The minimum atomic E-state index is -0.395. The highest BCUT2D eigenvalue weighted by Crippen LogP contribution is 2.28. The molecule has 2 heterocycles. The van der Waals surface area contributed by atoms with Crippen LogP contribution in [0.2, 0.25) is 0 Å². The smallest absolute Gasteiger partial charge is 0.321 e. The van der Waals surface area contributed by atoms with E-state index in [1.54, 1.807) is 6.20 Å². The van der Waals surface area contributed by atoms with Crippen LogP contribution in [-0.4, -0.2) is 11.0 Å². The maximum atomic E-state index is 12.4. The van der Waals surface area contributed by atoms with Crippen molar-refractivity contribution in [3.8, 4) is 0 Å². The van der Waals surface area contributed by atoms with E-state index in [2.05, 4.69) is 15.6 Å². The number of thiazole rings is 1. The number of para-hydroxylation sites is 1. The number of rotatable bonds is 4. The molecule has 2 aromatic heterocycles. The number of benzene rings is 2. The summed E-state index contributed by atoms with van der Waals surface area (Å²) in [4.78, 5) is 16.5. The lowest BCUT2D eigenvalue weighted by Crippen LogP contribution is -2.33. The predicted octanol–water partition coefficient (Wildman–Crippen LogP) is 4.80. The number of furan rings is 1. The first-order valence-corrected chi connectivity index (χ1v) is 8.68. The number of hydrogen-bond donors (Lipinski definition) is 2. The van der Waals surface area contributed by atoms with Crippen LogP contribution in [0.1, 0.15) is 17.4 Å². The SMILES string of the molecule is O=C(Nc1nccs1)N[C@H](c1ccccc1)c1cc2ccccc2o1. The fourth-order valence-corrected chi connectivity index (χ4v) is 3.18. The Balaban J connectivity index is 1.65. The lowest BCUT2D eigenvalue weighted by atomic mass is 10.0. The Morgan fingerprint density at radius 1 is 1.08 bits per heavy atom. The number of nitrogens with zero attached hydrogens (tertiary/aromatic N) is 1. The van der Waals surface area contributed by atoms with Gasteiger partial charge in [-0.25, -0.2) is 9.78 Å². The Bertz CT molecular complexity index is 947. The number of aromatic nitrogens is 1. The summed E-state index contributed by atoms with van der Waals surface area (Å²) in [5, 5.41) is 9.07. The van der Waals surface area contributed by atoms with Crippen molar-refractivity contribution >= 4 is 33.5 Å². The van der Waals surface area contributed by atoms with Crippen molar-refractivity contribution < 1.29 is 9.21 Å². The van der Waals surface area contributed by atoms with E-state index in [1.807, 2.05) is 66.0 Å². The zero-order valence-corrected chi connectivity index (χ0v) is 14.0. The number of carbonyl (C=O) groups excluding carboxylic acids is 1. The van der Waals surface area contributed by atoms with E-state index in [-0.39, 0.29) is 6.03 Å². The van der Waals surface area contributed by atoms with Gasteiger partial charge in [0.1, 0.15) is 17.4 Å². The minimum absolute atomic E-state index is 0.329. The van der Waals surface area contributed by atoms with Crippen LogP contribution in [0.15, 0.2) is 76.7 Å². The van der Waals surface area contributed by atoms with E-state index in [0.29, 0.717) is 10.9 Å². The topological polar surface area (TPSA) is 67.2 Å². The van der Waals surface area contributed by atoms with Crippen LogP contribution in [0.3, 0.4) is 0 Å². The molecular formula is C19H15N3O2S. The highest BCUT2D eigenvalue weighted by atomic mass is 32.1. The van der Waals surface area contributed by atoms with Crippen LogP contribution in [0.25, 0.3) is 11.0 Å². The molecule has 6 heteroatoms. The highest BCUT2D eigenvalue weighted by Gasteiger charge is 2.21. The van der Waals surface area contributed by atoms with E-state index in [9.17, 15) is 4.79 Å². The molecule has 0 aliphatic carbocycles. The molecule has 25 heavy (non-hydrogen) atoms. The molecule has 1 atom stereocenters. The Labute approximate surface area is 148 Å². The molecule has 2 N–H and O–H groups in total. The van der Waals surface area contributed by atoms with E-state index < -0.39 is 6.04 Å². The number of fused-ring (bicyclic) bond motifs is 1. The summed E-state index contributed by atoms with van der Waals surface area (Å²) in [5.41, 5.74) is 1.73. The van der Waals surface area contributed by atoms with Gasteiger partial charge < -0.3 is 9.73 Å². The van der Waals surface area contributed by atoms with Gasteiger partial charge in [0.2, 0.25) is 0 Å². The first-order chi connectivity index (χ1) is 12.3. The molecule has 0 fully saturated rings. The average molecular weight is 349 g/mol. The third-order valence-corrected chi connectivity index (χ3v) is 4.48. The van der Waals surface area contributed by atoms with Gasteiger partial charge >= 0.3 is 6.03 Å². The summed E-state index contributed by atoms with van der Waals surface area (Å²) < 4.78 is 5.97. The summed E-state index contributed by atoms with van der Waals surface area (Å²) in [6.07, 6.45) is 1.65. The van der Waals surface area contributed by atoms with Gasteiger partial charge in [-0.15, -0.1) is 11.3 Å². The molecule has 0 saturated heterocycles. The second kappa shape index (κ2) is 6.78. The number of amides is 2. The lowest BCUT2D eigenvalue weighted by Gasteiger charge is -2.17. The molecule has 124 valence electrons. The van der Waals surface area contributed by atoms with Gasteiger partial charge in [-0.1, -0.05) is 48.5 Å². The number of urea groups is 1. The second-order valence-electron chi connectivity index (χ2n) is 5.47. The van der Waals surface area contributed by atoms with Crippen LogP contribution in [-0.2, 0) is 0 Å². The van der Waals surface area contributed by atoms with E-state index in [0.717, 1.165) is 16.5 Å². The highest BCUT2D eigenvalue weighted by molar-refractivity contribution is 7.13. The van der Waals surface area contributed by atoms with Crippen molar-refractivity contribution in [1.82, 2.24) is 10.3 Å². The van der Waals surface area contributed by atoms with E-state index >= 15 is 0 Å². The maximum Gasteiger partial charge on any atom is 0.321 e. The van der Waals surface area contributed by atoms with Crippen molar-refractivity contribution in [2.45, 2.75) is 6.04 Å². The van der Waals surface area contributed by atoms with Crippen LogP contribution in [0, 0.1) is 0 Å². The fourth-order valence-electron chi connectivity index (χ4n) is 2.66. The number of anilines is 1. The average Bonchev–Trinajstić information content (AvgIpc) is 3.29. The van der Waals surface area contributed by atoms with Crippen molar-refractivity contribution in [3.63, 3.8) is 0 Å². The molecule has 0 aliphatic heterocycles. The van der Waals surface area contributed by atoms with Gasteiger partial charge in [-0.3, -0.25) is 5.32 Å². The van der Waals surface area contributed by atoms with Crippen molar-refractivity contribution in [2.24, 2.45) is 0 Å². The van der Waals surface area contributed by atoms with Crippen molar-refractivity contribution in [1.29, 1.82) is 0 Å². The molecule has 0 aliphatic rings. The number of nitrogens with one attached hydrogen (secondary N) is 2. The monoisotopic (exact) mass is 349 g/mol. The van der Waals surface area contributed by atoms with Crippen LogP contribution >= 0.6 is 11.3 Å². The number of carbonyl (C=O) groups is 1. The minimum Gasteiger partial charge on any atom is -0.459 e. The molecule has 4 rings (SSSR count). The third kappa shape index (κ3) is 3.39. The van der Waals surface area contributed by atoms with Crippen LogP contribution < -0.4 is 10.6 Å². The third-order valence-electron chi connectivity index (χ3n) is 3.79. The molecule has 0 unspecified atom stereocenters. The lowest BCUT2D eigenvalue weighted by molar-refractivity contribution is 0.249. The summed E-state index contributed by atoms with van der Waals surface area (Å²) >= 11 is 1.37. The molecule has 5 nitrogen and oxygen atoms in total. The molecule has 2 aromatic carbocycles. The zero-order chi connectivity index (χ0) is 17.1. The van der Waals surface area contributed by atoms with Crippen LogP contribution in [0.4, 0.5) is 9.93 Å². The summed E-state index contributed by atoms with van der Waals surface area (Å²) in [7, 11) is 0. The molecular weight excluding hydrogens is 334 g/mol. The molecule has 0 radical (unpaired) electrons. The van der Waals surface area contributed by atoms with Gasteiger partial charge in [-0.05, 0) is 17.7 Å². The van der Waals surface area contributed by atoms with Crippen LogP contribution in [0.5, 0.6) is 0 Å². The first kappa shape index (κ1) is 15.4. The van der Waals surface area contributed by atoms with Gasteiger partial charge in [0.25, 0.3) is 0 Å². The predicted molar refractivity (Wildman–Crippen MR) is 98.8 cm³/mol. The second-order valence-corrected chi connectivity index (χ2v) is 6.36. The van der Waals surface area contributed by atoms with Crippen molar-refractivity contribution in [3.05, 3.63) is 83.6 Å². The molecule has 0 saturated carbocycles. The maximum absolute atomic E-state index is 12.4. The standard InChI is InChI=1S/C19H15N3O2S/c23-18(22-19-20-10-11-25-19)21-17(13-6-2-1-3-7-13)16-12-14-8-4-5-9-15(14)24-16/h1-12,17H,(H2,20,21,22,23)/t17-/m1/s1. The van der Waals surface area contributed by atoms with Gasteiger partial charge in [0.05, 0.1) is 0 Å². The Morgan fingerprint density at radius 2 is 1.88 bits per heavy atom.